The van der Waals surface area contributed by atoms with Crippen molar-refractivity contribution in [2.45, 2.75) is 13.8 Å². The Morgan fingerprint density at radius 3 is 2.75 bits per heavy atom. The van der Waals surface area contributed by atoms with E-state index in [1.165, 1.54) is 6.08 Å². The van der Waals surface area contributed by atoms with Crippen LogP contribution in [0, 0.1) is 5.92 Å². The molecule has 1 heterocycles. The smallest absolute Gasteiger partial charge is 0.265 e. The zero-order chi connectivity index (χ0) is 20.3. The van der Waals surface area contributed by atoms with Crippen LogP contribution in [-0.4, -0.2) is 25.0 Å². The zero-order valence-corrected chi connectivity index (χ0v) is 17.1. The average Bonchev–Trinajstić information content (AvgIpc) is 2.63. The number of rotatable bonds is 5. The van der Waals surface area contributed by atoms with E-state index in [-0.39, 0.29) is 18.4 Å². The number of benzene rings is 2. The summed E-state index contributed by atoms with van der Waals surface area (Å²) < 4.78 is 5.49. The Kier molecular flexibility index (Phi) is 6.27. The molecule has 1 N–H and O–H groups in total. The molecule has 0 saturated carbocycles. The van der Waals surface area contributed by atoms with E-state index in [9.17, 15) is 9.59 Å². The van der Waals surface area contributed by atoms with Gasteiger partial charge in [-0.2, -0.15) is 0 Å². The van der Waals surface area contributed by atoms with Gasteiger partial charge in [-0.25, -0.2) is 0 Å². The van der Waals surface area contributed by atoms with Crippen LogP contribution in [0.2, 0.25) is 10.0 Å². The molecule has 0 radical (unpaired) electrons. The van der Waals surface area contributed by atoms with Gasteiger partial charge in [0, 0.05) is 28.4 Å². The van der Waals surface area contributed by atoms with E-state index in [1.54, 1.807) is 47.4 Å². The van der Waals surface area contributed by atoms with Crippen LogP contribution in [-0.2, 0) is 9.59 Å². The number of carbonyl (C=O) groups excluding carboxylic acids is 2. The van der Waals surface area contributed by atoms with Crippen LogP contribution in [0.3, 0.4) is 0 Å². The first-order valence-electron chi connectivity index (χ1n) is 8.85. The molecule has 1 aliphatic rings. The van der Waals surface area contributed by atoms with Crippen molar-refractivity contribution >= 4 is 52.5 Å². The molecule has 0 atom stereocenters. The minimum Gasteiger partial charge on any atom is -0.482 e. The Labute approximate surface area is 173 Å². The van der Waals surface area contributed by atoms with E-state index in [1.807, 2.05) is 13.8 Å². The number of carbonyl (C=O) groups is 2. The van der Waals surface area contributed by atoms with Gasteiger partial charge < -0.3 is 15.0 Å². The summed E-state index contributed by atoms with van der Waals surface area (Å²) in [5.41, 5.74) is 1.92. The van der Waals surface area contributed by atoms with Crippen molar-refractivity contribution in [2.24, 2.45) is 5.92 Å². The van der Waals surface area contributed by atoms with Crippen LogP contribution in [0.25, 0.3) is 6.08 Å². The molecule has 0 bridgehead atoms. The lowest BCUT2D eigenvalue weighted by Crippen LogP contribution is -2.41. The van der Waals surface area contributed by atoms with Crippen LogP contribution < -0.4 is 15.0 Å². The zero-order valence-electron chi connectivity index (χ0n) is 15.5. The number of anilines is 2. The summed E-state index contributed by atoms with van der Waals surface area (Å²) in [5, 5.41) is 3.79. The van der Waals surface area contributed by atoms with Crippen LogP contribution in [0.15, 0.2) is 42.5 Å². The van der Waals surface area contributed by atoms with Crippen LogP contribution in [0.1, 0.15) is 19.4 Å². The van der Waals surface area contributed by atoms with Gasteiger partial charge in [-0.1, -0.05) is 43.1 Å². The normalized spacial score (nSPS) is 13.6. The first-order chi connectivity index (χ1) is 13.3. The number of halogens is 2. The van der Waals surface area contributed by atoms with E-state index < -0.39 is 0 Å². The number of hydrogen-bond acceptors (Lipinski definition) is 3. The van der Waals surface area contributed by atoms with Crippen molar-refractivity contribution in [2.75, 3.05) is 23.4 Å². The SMILES string of the molecule is CC(C)CN1C(=O)COc2ccc(NC(=O)/C=C/c3ccc(Cl)cc3Cl)cc21. The number of nitrogens with zero attached hydrogens (tertiary/aromatic N) is 1. The molecule has 2 aromatic rings. The van der Waals surface area contributed by atoms with Gasteiger partial charge >= 0.3 is 0 Å². The Bertz CT molecular complexity index is 941. The fourth-order valence-corrected chi connectivity index (χ4v) is 3.30. The molecule has 0 unspecified atom stereocenters. The highest BCUT2D eigenvalue weighted by atomic mass is 35.5. The molecule has 2 aromatic carbocycles. The first-order valence-corrected chi connectivity index (χ1v) is 9.60. The predicted octanol–water partition coefficient (Wildman–Crippen LogP) is 5.03. The molecule has 0 spiro atoms. The fourth-order valence-electron chi connectivity index (χ4n) is 2.83. The maximum Gasteiger partial charge on any atom is 0.265 e. The quantitative estimate of drug-likeness (QED) is 0.692. The molecule has 0 saturated heterocycles. The van der Waals surface area contributed by atoms with Crippen molar-refractivity contribution in [3.05, 3.63) is 58.1 Å². The largest absolute Gasteiger partial charge is 0.482 e. The molecular formula is C21H20Cl2N2O3. The summed E-state index contributed by atoms with van der Waals surface area (Å²) in [6.07, 6.45) is 3.01. The molecule has 5 nitrogen and oxygen atoms in total. The summed E-state index contributed by atoms with van der Waals surface area (Å²) >= 11 is 12.0. The van der Waals surface area contributed by atoms with Crippen molar-refractivity contribution in [3.8, 4) is 5.75 Å². The third-order valence-corrected chi connectivity index (χ3v) is 4.66. The van der Waals surface area contributed by atoms with Gasteiger partial charge in [-0.15, -0.1) is 0 Å². The third-order valence-electron chi connectivity index (χ3n) is 4.09. The summed E-state index contributed by atoms with van der Waals surface area (Å²) in [4.78, 5) is 26.2. The number of hydrogen-bond donors (Lipinski definition) is 1. The first kappa shape index (κ1) is 20.2. The van der Waals surface area contributed by atoms with Gasteiger partial charge in [0.1, 0.15) is 5.75 Å². The van der Waals surface area contributed by atoms with Crippen molar-refractivity contribution in [1.82, 2.24) is 0 Å². The summed E-state index contributed by atoms with van der Waals surface area (Å²) in [5.74, 6) is 0.522. The number of nitrogens with one attached hydrogen (secondary N) is 1. The molecular weight excluding hydrogens is 399 g/mol. The second-order valence-electron chi connectivity index (χ2n) is 6.86. The van der Waals surface area contributed by atoms with Crippen molar-refractivity contribution in [3.63, 3.8) is 0 Å². The Morgan fingerprint density at radius 2 is 2.04 bits per heavy atom. The highest BCUT2D eigenvalue weighted by Gasteiger charge is 2.26. The summed E-state index contributed by atoms with van der Waals surface area (Å²) in [6.45, 7) is 4.69. The van der Waals surface area contributed by atoms with E-state index in [4.69, 9.17) is 27.9 Å². The Morgan fingerprint density at radius 1 is 1.25 bits per heavy atom. The van der Waals surface area contributed by atoms with Gasteiger partial charge in [0.15, 0.2) is 6.61 Å². The molecule has 0 aliphatic carbocycles. The summed E-state index contributed by atoms with van der Waals surface area (Å²) in [6, 6.07) is 10.3. The van der Waals surface area contributed by atoms with Gasteiger partial charge in [-0.3, -0.25) is 9.59 Å². The van der Waals surface area contributed by atoms with Gasteiger partial charge in [0.05, 0.1) is 5.69 Å². The fraction of sp³-hybridized carbons (Fsp3) is 0.238. The molecule has 146 valence electrons. The van der Waals surface area contributed by atoms with Gasteiger partial charge in [0.25, 0.3) is 5.91 Å². The molecule has 0 fully saturated rings. The van der Waals surface area contributed by atoms with Crippen LogP contribution in [0.5, 0.6) is 5.75 Å². The van der Waals surface area contributed by atoms with E-state index in [0.29, 0.717) is 45.2 Å². The predicted molar refractivity (Wildman–Crippen MR) is 113 cm³/mol. The number of fused-ring (bicyclic) bond motifs is 1. The molecule has 0 aromatic heterocycles. The third kappa shape index (κ3) is 4.86. The standard InChI is InChI=1S/C21H20Cl2N2O3/c1-13(2)11-25-18-10-16(6-7-19(18)28-12-21(25)27)24-20(26)8-4-14-3-5-15(22)9-17(14)23/h3-10,13H,11-12H2,1-2H3,(H,24,26)/b8-4+. The minimum absolute atomic E-state index is 0.0238. The lowest BCUT2D eigenvalue weighted by molar-refractivity contribution is -0.121. The highest BCUT2D eigenvalue weighted by molar-refractivity contribution is 6.35. The maximum absolute atomic E-state index is 12.3. The molecule has 28 heavy (non-hydrogen) atoms. The molecule has 3 rings (SSSR count). The Balaban J connectivity index is 1.76. The van der Waals surface area contributed by atoms with E-state index >= 15 is 0 Å². The second-order valence-corrected chi connectivity index (χ2v) is 7.70. The lowest BCUT2D eigenvalue weighted by atomic mass is 10.1. The summed E-state index contributed by atoms with van der Waals surface area (Å²) in [7, 11) is 0. The van der Waals surface area contributed by atoms with Crippen LogP contribution in [0.4, 0.5) is 11.4 Å². The van der Waals surface area contributed by atoms with Gasteiger partial charge in [-0.05, 0) is 47.9 Å². The Hall–Kier alpha value is -2.50. The van der Waals surface area contributed by atoms with E-state index in [2.05, 4.69) is 5.32 Å². The van der Waals surface area contributed by atoms with Crippen LogP contribution >= 0.6 is 23.2 Å². The molecule has 7 heteroatoms. The van der Waals surface area contributed by atoms with E-state index in [0.717, 1.165) is 0 Å². The maximum atomic E-state index is 12.3. The highest BCUT2D eigenvalue weighted by Crippen LogP contribution is 2.35. The van der Waals surface area contributed by atoms with Crippen molar-refractivity contribution in [1.29, 1.82) is 0 Å². The van der Waals surface area contributed by atoms with Gasteiger partial charge in [0.2, 0.25) is 5.91 Å². The molecule has 2 amide bonds. The monoisotopic (exact) mass is 418 g/mol. The minimum atomic E-state index is -0.315. The lowest BCUT2D eigenvalue weighted by Gasteiger charge is -2.31. The number of amides is 2. The van der Waals surface area contributed by atoms with Crippen molar-refractivity contribution < 1.29 is 14.3 Å². The topological polar surface area (TPSA) is 58.6 Å². The number of ether oxygens (including phenoxy) is 1. The molecule has 1 aliphatic heterocycles. The second kappa shape index (κ2) is 8.67. The average molecular weight is 419 g/mol.